The monoisotopic (exact) mass is 395 g/mol. The second-order valence-corrected chi connectivity index (χ2v) is 6.46. The van der Waals surface area contributed by atoms with E-state index in [1.807, 2.05) is 30.3 Å². The van der Waals surface area contributed by atoms with Crippen molar-refractivity contribution in [2.45, 2.75) is 31.8 Å². The van der Waals surface area contributed by atoms with E-state index >= 15 is 0 Å². The summed E-state index contributed by atoms with van der Waals surface area (Å²) in [6, 6.07) is 18.3. The summed E-state index contributed by atoms with van der Waals surface area (Å²) in [7, 11) is 0. The Labute approximate surface area is 168 Å². The van der Waals surface area contributed by atoms with Crippen molar-refractivity contribution < 1.29 is 4.79 Å². The fourth-order valence-corrected chi connectivity index (χ4v) is 3.36. The molecule has 0 spiro atoms. The highest BCUT2D eigenvalue weighted by atomic mass is 35.5. The van der Waals surface area contributed by atoms with E-state index in [1.54, 1.807) is 0 Å². The standard InChI is InChI=1S/C20H25N3O.2ClH/c1-15-13-17-9-5-6-10-19(17)23(15)12-11-22-20(24)18(21)14-16-7-3-2-4-8-16;;/h2-10,15,18H,11-14,21H2,1H3,(H,22,24);2*1H. The predicted octanol–water partition coefficient (Wildman–Crippen LogP) is 2.97. The van der Waals surface area contributed by atoms with Gasteiger partial charge in [-0.3, -0.25) is 4.79 Å². The Balaban J connectivity index is 0.00000169. The van der Waals surface area contributed by atoms with Gasteiger partial charge in [0.25, 0.3) is 0 Å². The number of hydrogen-bond donors (Lipinski definition) is 2. The third kappa shape index (κ3) is 5.37. The molecule has 3 N–H and O–H groups in total. The molecule has 0 aliphatic carbocycles. The first kappa shape index (κ1) is 22.3. The van der Waals surface area contributed by atoms with Gasteiger partial charge in [0.15, 0.2) is 0 Å². The van der Waals surface area contributed by atoms with Crippen molar-refractivity contribution in [1.29, 1.82) is 0 Å². The lowest BCUT2D eigenvalue weighted by Crippen LogP contribution is -2.45. The first-order chi connectivity index (χ1) is 11.6. The van der Waals surface area contributed by atoms with E-state index in [1.165, 1.54) is 11.3 Å². The van der Waals surface area contributed by atoms with Crippen LogP contribution in [0.25, 0.3) is 0 Å². The number of rotatable bonds is 6. The first-order valence-electron chi connectivity index (χ1n) is 8.57. The summed E-state index contributed by atoms with van der Waals surface area (Å²) in [5, 5.41) is 2.98. The average molecular weight is 396 g/mol. The van der Waals surface area contributed by atoms with Crippen molar-refractivity contribution in [1.82, 2.24) is 5.32 Å². The molecule has 0 fully saturated rings. The van der Waals surface area contributed by atoms with Gasteiger partial charge in [-0.25, -0.2) is 0 Å². The van der Waals surface area contributed by atoms with Gasteiger partial charge in [0.05, 0.1) is 6.04 Å². The van der Waals surface area contributed by atoms with Gasteiger partial charge >= 0.3 is 0 Å². The molecule has 4 nitrogen and oxygen atoms in total. The molecule has 2 aromatic carbocycles. The molecular weight excluding hydrogens is 369 g/mol. The molecule has 6 heteroatoms. The van der Waals surface area contributed by atoms with Gasteiger partial charge in [-0.2, -0.15) is 0 Å². The molecule has 2 aromatic rings. The van der Waals surface area contributed by atoms with Crippen molar-refractivity contribution in [3.63, 3.8) is 0 Å². The largest absolute Gasteiger partial charge is 0.367 e. The van der Waals surface area contributed by atoms with Crippen LogP contribution in [0.5, 0.6) is 0 Å². The van der Waals surface area contributed by atoms with Crippen LogP contribution in [0.1, 0.15) is 18.1 Å². The molecule has 26 heavy (non-hydrogen) atoms. The highest BCUT2D eigenvalue weighted by molar-refractivity contribution is 5.85. The third-order valence-electron chi connectivity index (χ3n) is 4.64. The van der Waals surface area contributed by atoms with E-state index in [4.69, 9.17) is 5.73 Å². The van der Waals surface area contributed by atoms with E-state index in [0.717, 1.165) is 18.5 Å². The van der Waals surface area contributed by atoms with E-state index < -0.39 is 6.04 Å². The number of nitrogens with zero attached hydrogens (tertiary/aromatic N) is 1. The molecule has 2 unspecified atom stereocenters. The Kier molecular flexibility index (Phi) is 8.93. The lowest BCUT2D eigenvalue weighted by atomic mass is 10.1. The SMILES string of the molecule is CC1Cc2ccccc2N1CCNC(=O)C(N)Cc1ccccc1.Cl.Cl. The summed E-state index contributed by atoms with van der Waals surface area (Å²) in [5.74, 6) is -0.0843. The van der Waals surface area contributed by atoms with Crippen LogP contribution in [0.4, 0.5) is 5.69 Å². The van der Waals surface area contributed by atoms with Crippen molar-refractivity contribution in [2.24, 2.45) is 5.73 Å². The first-order valence-corrected chi connectivity index (χ1v) is 8.57. The summed E-state index contributed by atoms with van der Waals surface area (Å²) >= 11 is 0. The lowest BCUT2D eigenvalue weighted by Gasteiger charge is -2.25. The minimum absolute atomic E-state index is 0. The van der Waals surface area contributed by atoms with Crippen molar-refractivity contribution in [3.05, 3.63) is 65.7 Å². The van der Waals surface area contributed by atoms with E-state index in [-0.39, 0.29) is 30.7 Å². The minimum Gasteiger partial charge on any atom is -0.367 e. The topological polar surface area (TPSA) is 58.4 Å². The molecule has 1 aliphatic heterocycles. The number of halogens is 2. The molecule has 1 aliphatic rings. The van der Waals surface area contributed by atoms with Gasteiger partial charge in [0, 0.05) is 24.8 Å². The maximum Gasteiger partial charge on any atom is 0.237 e. The molecule has 1 heterocycles. The fraction of sp³-hybridized carbons (Fsp3) is 0.350. The maximum atomic E-state index is 12.2. The lowest BCUT2D eigenvalue weighted by molar-refractivity contribution is -0.122. The minimum atomic E-state index is -0.504. The molecule has 142 valence electrons. The molecule has 0 saturated heterocycles. The number of fused-ring (bicyclic) bond motifs is 1. The predicted molar refractivity (Wildman–Crippen MR) is 113 cm³/mol. The Morgan fingerprint density at radius 1 is 1.15 bits per heavy atom. The number of para-hydroxylation sites is 1. The zero-order valence-electron chi connectivity index (χ0n) is 14.9. The van der Waals surface area contributed by atoms with Gasteiger partial charge in [-0.1, -0.05) is 48.5 Å². The third-order valence-corrected chi connectivity index (χ3v) is 4.64. The van der Waals surface area contributed by atoms with Crippen LogP contribution in [0.2, 0.25) is 0 Å². The summed E-state index contributed by atoms with van der Waals surface area (Å²) in [4.78, 5) is 14.6. The van der Waals surface area contributed by atoms with Crippen molar-refractivity contribution in [3.8, 4) is 0 Å². The smallest absolute Gasteiger partial charge is 0.237 e. The molecule has 0 radical (unpaired) electrons. The number of benzene rings is 2. The Hall–Kier alpha value is -1.75. The van der Waals surface area contributed by atoms with Gasteiger partial charge in [0.1, 0.15) is 0 Å². The summed E-state index contributed by atoms with van der Waals surface area (Å²) in [6.45, 7) is 3.64. The molecule has 3 rings (SSSR count). The number of nitrogens with one attached hydrogen (secondary N) is 1. The number of hydrogen-bond acceptors (Lipinski definition) is 3. The van der Waals surface area contributed by atoms with Crippen LogP contribution in [0.15, 0.2) is 54.6 Å². The van der Waals surface area contributed by atoms with Crippen molar-refractivity contribution in [2.75, 3.05) is 18.0 Å². The average Bonchev–Trinajstić information content (AvgIpc) is 2.91. The van der Waals surface area contributed by atoms with Crippen LogP contribution in [-0.2, 0) is 17.6 Å². The second-order valence-electron chi connectivity index (χ2n) is 6.46. The summed E-state index contributed by atoms with van der Waals surface area (Å²) in [5.41, 5.74) is 9.78. The van der Waals surface area contributed by atoms with Crippen LogP contribution in [0.3, 0.4) is 0 Å². The molecule has 0 saturated carbocycles. The Bertz CT molecular complexity index is 696. The van der Waals surface area contributed by atoms with Gasteiger partial charge in [-0.05, 0) is 37.0 Å². The molecule has 2 atom stereocenters. The zero-order valence-corrected chi connectivity index (χ0v) is 16.6. The molecule has 1 amide bonds. The van der Waals surface area contributed by atoms with Gasteiger partial charge < -0.3 is 16.0 Å². The van der Waals surface area contributed by atoms with Crippen LogP contribution in [-0.4, -0.2) is 31.1 Å². The summed E-state index contributed by atoms with van der Waals surface area (Å²) in [6.07, 6.45) is 1.63. The van der Waals surface area contributed by atoms with Crippen LogP contribution in [0, 0.1) is 0 Å². The number of anilines is 1. The highest BCUT2D eigenvalue weighted by Crippen LogP contribution is 2.31. The van der Waals surface area contributed by atoms with Crippen molar-refractivity contribution >= 4 is 36.4 Å². The fourth-order valence-electron chi connectivity index (χ4n) is 3.36. The number of carbonyl (C=O) groups is 1. The van der Waals surface area contributed by atoms with E-state index in [2.05, 4.69) is 41.4 Å². The summed E-state index contributed by atoms with van der Waals surface area (Å²) < 4.78 is 0. The van der Waals surface area contributed by atoms with E-state index in [9.17, 15) is 4.79 Å². The normalized spacial score (nSPS) is 16.1. The Morgan fingerprint density at radius 3 is 2.54 bits per heavy atom. The second kappa shape index (κ2) is 10.4. The number of amides is 1. The number of nitrogens with two attached hydrogens (primary N) is 1. The van der Waals surface area contributed by atoms with Gasteiger partial charge in [0.2, 0.25) is 5.91 Å². The van der Waals surface area contributed by atoms with Gasteiger partial charge in [-0.15, -0.1) is 24.8 Å². The number of carbonyl (C=O) groups excluding carboxylic acids is 1. The highest BCUT2D eigenvalue weighted by Gasteiger charge is 2.25. The molecular formula is C20H27Cl2N3O. The zero-order chi connectivity index (χ0) is 16.9. The maximum absolute atomic E-state index is 12.2. The van der Waals surface area contributed by atoms with Crippen LogP contribution < -0.4 is 16.0 Å². The van der Waals surface area contributed by atoms with Crippen LogP contribution >= 0.6 is 24.8 Å². The Morgan fingerprint density at radius 2 is 1.81 bits per heavy atom. The molecule has 0 bridgehead atoms. The van der Waals surface area contributed by atoms with E-state index in [0.29, 0.717) is 19.0 Å². The quantitative estimate of drug-likeness (QED) is 0.790. The molecule has 0 aromatic heterocycles.